The normalized spacial score (nSPS) is 24.4. The molecule has 0 saturated carbocycles. The van der Waals surface area contributed by atoms with E-state index in [1.807, 2.05) is 6.92 Å². The summed E-state index contributed by atoms with van der Waals surface area (Å²) in [5.74, 6) is -0.184. The van der Waals surface area contributed by atoms with Crippen molar-refractivity contribution in [2.75, 3.05) is 13.1 Å². The molecule has 0 spiro atoms. The van der Waals surface area contributed by atoms with E-state index in [-0.39, 0.29) is 16.9 Å². The van der Waals surface area contributed by atoms with Gasteiger partial charge in [-0.2, -0.15) is 0 Å². The number of hydrogen-bond acceptors (Lipinski definition) is 3. The highest BCUT2D eigenvalue weighted by Crippen LogP contribution is 2.19. The summed E-state index contributed by atoms with van der Waals surface area (Å²) in [6, 6.07) is 3.66. The molecule has 0 amide bonds. The Kier molecular flexibility index (Phi) is 4.23. The summed E-state index contributed by atoms with van der Waals surface area (Å²) in [4.78, 5) is 0.152. The van der Waals surface area contributed by atoms with Crippen molar-refractivity contribution in [1.29, 1.82) is 0 Å². The van der Waals surface area contributed by atoms with Crippen LogP contribution in [0.3, 0.4) is 0 Å². The van der Waals surface area contributed by atoms with Crippen molar-refractivity contribution in [2.24, 2.45) is 5.92 Å². The highest BCUT2D eigenvalue weighted by molar-refractivity contribution is 7.89. The van der Waals surface area contributed by atoms with Crippen LogP contribution in [0.25, 0.3) is 0 Å². The molecule has 0 aromatic heterocycles. The van der Waals surface area contributed by atoms with Crippen molar-refractivity contribution in [3.05, 3.63) is 29.6 Å². The van der Waals surface area contributed by atoms with Gasteiger partial charge in [-0.15, -0.1) is 0 Å². The molecule has 2 N–H and O–H groups in total. The second-order valence-electron chi connectivity index (χ2n) is 5.11. The SMILES string of the molecule is Cc1cc(F)ccc1S(=O)(=O)N[C@@H]1CCNC[C@H]1C. The van der Waals surface area contributed by atoms with Gasteiger partial charge in [0.2, 0.25) is 10.0 Å². The van der Waals surface area contributed by atoms with Crippen molar-refractivity contribution in [2.45, 2.75) is 31.2 Å². The Bertz CT molecular complexity index is 560. The summed E-state index contributed by atoms with van der Waals surface area (Å²) in [6.45, 7) is 5.22. The lowest BCUT2D eigenvalue weighted by Gasteiger charge is -2.30. The van der Waals surface area contributed by atoms with Gasteiger partial charge in [-0.25, -0.2) is 17.5 Å². The van der Waals surface area contributed by atoms with Crippen LogP contribution >= 0.6 is 0 Å². The fourth-order valence-electron chi connectivity index (χ4n) is 2.37. The predicted molar refractivity (Wildman–Crippen MR) is 71.9 cm³/mol. The molecule has 2 atom stereocenters. The first-order valence-corrected chi connectivity index (χ1v) is 7.87. The molecule has 6 heteroatoms. The maximum atomic E-state index is 13.0. The van der Waals surface area contributed by atoms with Crippen LogP contribution in [0.1, 0.15) is 18.9 Å². The zero-order chi connectivity index (χ0) is 14.0. The van der Waals surface area contributed by atoms with Crippen molar-refractivity contribution in [1.82, 2.24) is 10.0 Å². The van der Waals surface area contributed by atoms with Gasteiger partial charge < -0.3 is 5.32 Å². The molecular formula is C13H19FN2O2S. The van der Waals surface area contributed by atoms with Gasteiger partial charge in [0.05, 0.1) is 4.90 Å². The first-order valence-electron chi connectivity index (χ1n) is 6.39. The van der Waals surface area contributed by atoms with Gasteiger partial charge in [0, 0.05) is 6.04 Å². The van der Waals surface area contributed by atoms with E-state index >= 15 is 0 Å². The monoisotopic (exact) mass is 286 g/mol. The van der Waals surface area contributed by atoms with E-state index in [2.05, 4.69) is 10.0 Å². The second kappa shape index (κ2) is 5.56. The minimum atomic E-state index is -3.58. The molecule has 19 heavy (non-hydrogen) atoms. The molecule has 0 unspecified atom stereocenters. The topological polar surface area (TPSA) is 58.2 Å². The van der Waals surface area contributed by atoms with Crippen LogP contribution in [0.5, 0.6) is 0 Å². The molecule has 1 aromatic rings. The average molecular weight is 286 g/mol. The van der Waals surface area contributed by atoms with E-state index in [0.29, 0.717) is 5.56 Å². The molecule has 2 rings (SSSR count). The summed E-state index contributed by atoms with van der Waals surface area (Å²) < 4.78 is 40.4. The van der Waals surface area contributed by atoms with Gasteiger partial charge in [-0.1, -0.05) is 6.92 Å². The van der Waals surface area contributed by atoms with Gasteiger partial charge in [0.1, 0.15) is 5.82 Å². The minimum absolute atomic E-state index is 0.0734. The molecule has 1 aliphatic heterocycles. The van der Waals surface area contributed by atoms with Gasteiger partial charge >= 0.3 is 0 Å². The summed E-state index contributed by atoms with van der Waals surface area (Å²) in [6.07, 6.45) is 0.765. The molecular weight excluding hydrogens is 267 g/mol. The number of hydrogen-bond donors (Lipinski definition) is 2. The van der Waals surface area contributed by atoms with Crippen molar-refractivity contribution < 1.29 is 12.8 Å². The summed E-state index contributed by atoms with van der Waals surface area (Å²) >= 11 is 0. The number of sulfonamides is 1. The van der Waals surface area contributed by atoms with Crippen LogP contribution in [0.4, 0.5) is 4.39 Å². The fraction of sp³-hybridized carbons (Fsp3) is 0.538. The molecule has 0 aliphatic carbocycles. The number of piperidine rings is 1. The lowest BCUT2D eigenvalue weighted by atomic mass is 9.97. The van der Waals surface area contributed by atoms with Crippen LogP contribution in [-0.2, 0) is 10.0 Å². The minimum Gasteiger partial charge on any atom is -0.316 e. The lowest BCUT2D eigenvalue weighted by Crippen LogP contribution is -2.48. The predicted octanol–water partition coefficient (Wildman–Crippen LogP) is 1.41. The molecule has 0 radical (unpaired) electrons. The maximum absolute atomic E-state index is 13.0. The summed E-state index contributed by atoms with van der Waals surface area (Å²) in [7, 11) is -3.58. The Hall–Kier alpha value is -0.980. The lowest BCUT2D eigenvalue weighted by molar-refractivity contribution is 0.328. The average Bonchev–Trinajstić information content (AvgIpc) is 2.31. The molecule has 106 valence electrons. The van der Waals surface area contributed by atoms with E-state index in [1.165, 1.54) is 18.2 Å². The fourth-order valence-corrected chi connectivity index (χ4v) is 3.97. The standard InChI is InChI=1S/C13H19FN2O2S/c1-9-7-11(14)3-4-13(9)19(17,18)16-12-5-6-15-8-10(12)2/h3-4,7,10,12,15-16H,5-6,8H2,1-2H3/t10-,12-/m1/s1. The Morgan fingerprint density at radius 2 is 2.16 bits per heavy atom. The van der Waals surface area contributed by atoms with E-state index < -0.39 is 15.8 Å². The van der Waals surface area contributed by atoms with Gasteiger partial charge in [-0.3, -0.25) is 0 Å². The van der Waals surface area contributed by atoms with Crippen molar-refractivity contribution in [3.63, 3.8) is 0 Å². The molecule has 1 fully saturated rings. The number of benzene rings is 1. The van der Waals surface area contributed by atoms with Gasteiger partial charge in [0.15, 0.2) is 0 Å². The Morgan fingerprint density at radius 1 is 1.42 bits per heavy atom. The van der Waals surface area contributed by atoms with Crippen molar-refractivity contribution >= 4 is 10.0 Å². The first kappa shape index (κ1) is 14.4. The third kappa shape index (κ3) is 3.32. The summed E-state index contributed by atoms with van der Waals surface area (Å²) in [5.41, 5.74) is 0.425. The zero-order valence-corrected chi connectivity index (χ0v) is 11.9. The van der Waals surface area contributed by atoms with Crippen LogP contribution in [0.15, 0.2) is 23.1 Å². The first-order chi connectivity index (χ1) is 8.90. The number of aryl methyl sites for hydroxylation is 1. The van der Waals surface area contributed by atoms with Crippen LogP contribution in [0.2, 0.25) is 0 Å². The highest BCUT2D eigenvalue weighted by atomic mass is 32.2. The number of nitrogens with one attached hydrogen (secondary N) is 2. The van der Waals surface area contributed by atoms with Crippen LogP contribution < -0.4 is 10.0 Å². The van der Waals surface area contributed by atoms with E-state index in [0.717, 1.165) is 19.5 Å². The molecule has 1 heterocycles. The highest BCUT2D eigenvalue weighted by Gasteiger charge is 2.27. The molecule has 1 saturated heterocycles. The Morgan fingerprint density at radius 3 is 2.79 bits per heavy atom. The van der Waals surface area contributed by atoms with Crippen LogP contribution in [-0.4, -0.2) is 27.5 Å². The van der Waals surface area contributed by atoms with Crippen LogP contribution in [0, 0.1) is 18.7 Å². The smallest absolute Gasteiger partial charge is 0.241 e. The van der Waals surface area contributed by atoms with E-state index in [1.54, 1.807) is 6.92 Å². The second-order valence-corrected chi connectivity index (χ2v) is 6.79. The Labute approximate surface area is 113 Å². The van der Waals surface area contributed by atoms with E-state index in [4.69, 9.17) is 0 Å². The van der Waals surface area contributed by atoms with E-state index in [9.17, 15) is 12.8 Å². The Balaban J connectivity index is 2.22. The summed E-state index contributed by atoms with van der Waals surface area (Å²) in [5, 5.41) is 3.22. The van der Waals surface area contributed by atoms with Crippen molar-refractivity contribution in [3.8, 4) is 0 Å². The number of rotatable bonds is 3. The quantitative estimate of drug-likeness (QED) is 0.883. The molecule has 4 nitrogen and oxygen atoms in total. The third-order valence-electron chi connectivity index (χ3n) is 3.52. The maximum Gasteiger partial charge on any atom is 0.241 e. The zero-order valence-electron chi connectivity index (χ0n) is 11.1. The molecule has 1 aromatic carbocycles. The number of halogens is 1. The largest absolute Gasteiger partial charge is 0.316 e. The van der Waals surface area contributed by atoms with Gasteiger partial charge in [0.25, 0.3) is 0 Å². The molecule has 1 aliphatic rings. The molecule has 0 bridgehead atoms. The third-order valence-corrected chi connectivity index (χ3v) is 5.17. The van der Waals surface area contributed by atoms with Gasteiger partial charge in [-0.05, 0) is 56.1 Å².